The topological polar surface area (TPSA) is 29.5 Å². The number of para-hydroxylation sites is 4. The third kappa shape index (κ3) is 2.56. The van der Waals surface area contributed by atoms with Crippen LogP contribution in [0.15, 0.2) is 109 Å². The van der Waals surface area contributed by atoms with E-state index >= 15 is 4.57 Å². The van der Waals surface area contributed by atoms with E-state index < -0.39 is 7.29 Å². The number of hydrogen-bond donors (Lipinski definition) is 0. The zero-order valence-corrected chi connectivity index (χ0v) is 16.0. The van der Waals surface area contributed by atoms with E-state index in [2.05, 4.69) is 0 Å². The molecule has 0 radical (unpaired) electrons. The first kappa shape index (κ1) is 16.9. The van der Waals surface area contributed by atoms with E-state index in [0.717, 1.165) is 16.7 Å². The second-order valence-electron chi connectivity index (χ2n) is 6.60. The highest BCUT2D eigenvalue weighted by Crippen LogP contribution is 2.60. The van der Waals surface area contributed by atoms with Gasteiger partial charge in [0.1, 0.15) is 5.75 Å². The minimum absolute atomic E-state index is 0.626. The number of ether oxygens (including phenoxy) is 1. The summed E-state index contributed by atoms with van der Waals surface area (Å²) in [4.78, 5) is 0. The van der Waals surface area contributed by atoms with Gasteiger partial charge in [-0.25, -0.2) is 0 Å². The van der Waals surface area contributed by atoms with E-state index in [1.807, 2.05) is 114 Å². The summed E-state index contributed by atoms with van der Waals surface area (Å²) < 4.78 is 23.2. The minimum Gasteiger partial charge on any atom is -0.454 e. The van der Waals surface area contributed by atoms with Crippen LogP contribution >= 0.6 is 7.29 Å². The molecule has 0 aromatic heterocycles. The first-order valence-electron chi connectivity index (χ1n) is 9.16. The quantitative estimate of drug-likeness (QED) is 0.406. The van der Waals surface area contributed by atoms with Gasteiger partial charge >= 0.3 is 0 Å². The lowest BCUT2D eigenvalue weighted by atomic mass is 10.2. The zero-order valence-electron chi connectivity index (χ0n) is 15.1. The zero-order chi connectivity index (χ0) is 19.0. The summed E-state index contributed by atoms with van der Waals surface area (Å²) >= 11 is 0. The Hall–Kier alpha value is -3.29. The number of fused-ring (bicyclic) bond motifs is 2. The van der Waals surface area contributed by atoms with Crippen molar-refractivity contribution < 1.29 is 9.30 Å². The lowest BCUT2D eigenvalue weighted by Gasteiger charge is -2.33. The molecule has 0 bridgehead atoms. The van der Waals surface area contributed by atoms with Gasteiger partial charge in [-0.05, 0) is 48.5 Å². The summed E-state index contributed by atoms with van der Waals surface area (Å²) in [6, 6.07) is 34.9. The highest BCUT2D eigenvalue weighted by Gasteiger charge is 2.41. The predicted octanol–water partition coefficient (Wildman–Crippen LogP) is 5.86. The van der Waals surface area contributed by atoms with Crippen molar-refractivity contribution >= 4 is 29.3 Å². The molecule has 0 spiro atoms. The fourth-order valence-corrected chi connectivity index (χ4v) is 6.58. The van der Waals surface area contributed by atoms with Gasteiger partial charge in [0.15, 0.2) is 5.75 Å². The molecule has 1 atom stereocenters. The van der Waals surface area contributed by atoms with Crippen molar-refractivity contribution in [2.45, 2.75) is 0 Å². The minimum atomic E-state index is -3.26. The monoisotopic (exact) mass is 383 g/mol. The van der Waals surface area contributed by atoms with Gasteiger partial charge in [0, 0.05) is 11.0 Å². The Bertz CT molecular complexity index is 1180. The van der Waals surface area contributed by atoms with Crippen molar-refractivity contribution in [3.05, 3.63) is 109 Å². The maximum atomic E-state index is 15.0. The van der Waals surface area contributed by atoms with Crippen molar-refractivity contribution in [3.8, 4) is 11.5 Å². The van der Waals surface area contributed by atoms with Gasteiger partial charge in [-0.1, -0.05) is 60.7 Å². The molecule has 0 saturated heterocycles. The second kappa shape index (κ2) is 6.70. The molecular weight excluding hydrogens is 365 g/mol. The van der Waals surface area contributed by atoms with E-state index in [0.29, 0.717) is 16.8 Å². The smallest absolute Gasteiger partial charge is 0.237 e. The Balaban J connectivity index is 1.91. The Morgan fingerprint density at radius 3 is 1.93 bits per heavy atom. The fourth-order valence-electron chi connectivity index (χ4n) is 3.65. The summed E-state index contributed by atoms with van der Waals surface area (Å²) in [6.07, 6.45) is 0. The molecule has 1 aliphatic rings. The number of anilines is 2. The van der Waals surface area contributed by atoms with Crippen LogP contribution in [0.2, 0.25) is 0 Å². The van der Waals surface area contributed by atoms with Gasteiger partial charge in [0.2, 0.25) is 7.29 Å². The summed E-state index contributed by atoms with van der Waals surface area (Å²) in [5.41, 5.74) is 1.65. The van der Waals surface area contributed by atoms with Crippen molar-refractivity contribution in [2.24, 2.45) is 0 Å². The second-order valence-corrected chi connectivity index (χ2v) is 9.15. The molecule has 1 unspecified atom stereocenters. The molecule has 0 saturated carbocycles. The normalized spacial score (nSPS) is 17.8. The SMILES string of the molecule is O=P1(c2ccccc2)c2ccccc2Oc2ccccc2N1c1ccccc1. The number of benzene rings is 4. The summed E-state index contributed by atoms with van der Waals surface area (Å²) in [5.74, 6) is 1.31. The molecule has 5 rings (SSSR count). The largest absolute Gasteiger partial charge is 0.454 e. The summed E-state index contributed by atoms with van der Waals surface area (Å²) in [7, 11) is -3.26. The van der Waals surface area contributed by atoms with Gasteiger partial charge in [0.25, 0.3) is 0 Å². The van der Waals surface area contributed by atoms with Gasteiger partial charge < -0.3 is 4.74 Å². The molecule has 3 nitrogen and oxygen atoms in total. The van der Waals surface area contributed by atoms with Crippen LogP contribution in [0.3, 0.4) is 0 Å². The molecule has 136 valence electrons. The lowest BCUT2D eigenvalue weighted by molar-refractivity contribution is 0.489. The standard InChI is InChI=1S/C24H18NO2P/c26-28(20-13-5-2-6-14-20)24-18-10-9-17-23(24)27-22-16-8-7-15-21(22)25(28)19-11-3-1-4-12-19/h1-18H. The van der Waals surface area contributed by atoms with Crippen LogP contribution in [0.1, 0.15) is 0 Å². The Morgan fingerprint density at radius 1 is 0.607 bits per heavy atom. The molecule has 0 aliphatic carbocycles. The van der Waals surface area contributed by atoms with Gasteiger partial charge in [-0.3, -0.25) is 9.24 Å². The van der Waals surface area contributed by atoms with Crippen molar-refractivity contribution in [2.75, 3.05) is 4.67 Å². The average molecular weight is 383 g/mol. The highest BCUT2D eigenvalue weighted by molar-refractivity contribution is 7.80. The van der Waals surface area contributed by atoms with E-state index in [9.17, 15) is 0 Å². The lowest BCUT2D eigenvalue weighted by Crippen LogP contribution is -2.28. The number of rotatable bonds is 2. The number of hydrogen-bond acceptors (Lipinski definition) is 2. The highest BCUT2D eigenvalue weighted by atomic mass is 31.2. The fraction of sp³-hybridized carbons (Fsp3) is 0. The van der Waals surface area contributed by atoms with Crippen LogP contribution in [-0.4, -0.2) is 0 Å². The number of nitrogens with zero attached hydrogens (tertiary/aromatic N) is 1. The van der Waals surface area contributed by atoms with E-state index in [1.54, 1.807) is 0 Å². The van der Waals surface area contributed by atoms with Crippen LogP contribution in [-0.2, 0) is 4.57 Å². The molecule has 0 N–H and O–H groups in total. The maximum Gasteiger partial charge on any atom is 0.237 e. The molecule has 4 aromatic rings. The average Bonchev–Trinajstić information content (AvgIpc) is 2.88. The Morgan fingerprint density at radius 2 is 1.18 bits per heavy atom. The van der Waals surface area contributed by atoms with Crippen molar-refractivity contribution in [3.63, 3.8) is 0 Å². The molecule has 0 fully saturated rings. The molecule has 1 aliphatic heterocycles. The Kier molecular flexibility index (Phi) is 4.03. The molecular formula is C24H18NO2P. The first-order chi connectivity index (χ1) is 13.8. The summed E-state index contributed by atoms with van der Waals surface area (Å²) in [5, 5.41) is 1.47. The third-order valence-corrected chi connectivity index (χ3v) is 7.92. The van der Waals surface area contributed by atoms with Crippen LogP contribution in [0, 0.1) is 0 Å². The van der Waals surface area contributed by atoms with Crippen LogP contribution in [0.25, 0.3) is 0 Å². The van der Waals surface area contributed by atoms with Crippen molar-refractivity contribution in [1.82, 2.24) is 0 Å². The van der Waals surface area contributed by atoms with E-state index in [-0.39, 0.29) is 0 Å². The van der Waals surface area contributed by atoms with Crippen LogP contribution in [0.4, 0.5) is 11.4 Å². The first-order valence-corrected chi connectivity index (χ1v) is 10.8. The summed E-state index contributed by atoms with van der Waals surface area (Å²) in [6.45, 7) is 0. The third-order valence-electron chi connectivity index (χ3n) is 4.89. The molecule has 4 heteroatoms. The van der Waals surface area contributed by atoms with Crippen LogP contribution < -0.4 is 20.0 Å². The molecule has 1 heterocycles. The van der Waals surface area contributed by atoms with Gasteiger partial charge in [0.05, 0.1) is 11.0 Å². The van der Waals surface area contributed by atoms with Gasteiger partial charge in [-0.2, -0.15) is 0 Å². The molecule has 0 amide bonds. The van der Waals surface area contributed by atoms with E-state index in [1.165, 1.54) is 0 Å². The van der Waals surface area contributed by atoms with Crippen molar-refractivity contribution in [1.29, 1.82) is 0 Å². The Labute approximate surface area is 164 Å². The maximum absolute atomic E-state index is 15.0. The predicted molar refractivity (Wildman–Crippen MR) is 115 cm³/mol. The van der Waals surface area contributed by atoms with Crippen LogP contribution in [0.5, 0.6) is 11.5 Å². The van der Waals surface area contributed by atoms with Gasteiger partial charge in [-0.15, -0.1) is 0 Å². The van der Waals surface area contributed by atoms with E-state index in [4.69, 9.17) is 4.74 Å². The molecule has 28 heavy (non-hydrogen) atoms. The molecule has 4 aromatic carbocycles.